The Bertz CT molecular complexity index is 699. The molecule has 0 spiro atoms. The Kier molecular flexibility index (Phi) is 6.57. The molecule has 0 saturated heterocycles. The lowest BCUT2D eigenvalue weighted by Gasteiger charge is -2.23. The summed E-state index contributed by atoms with van der Waals surface area (Å²) < 4.78 is 5.14. The van der Waals surface area contributed by atoms with E-state index in [4.69, 9.17) is 4.74 Å². The molecule has 0 heterocycles. The number of amides is 2. The highest BCUT2D eigenvalue weighted by Gasteiger charge is 2.19. The van der Waals surface area contributed by atoms with Gasteiger partial charge < -0.3 is 15.0 Å². The van der Waals surface area contributed by atoms with E-state index >= 15 is 0 Å². The molecular formula is C20H24N2O3. The van der Waals surface area contributed by atoms with Gasteiger partial charge in [0.2, 0.25) is 11.8 Å². The van der Waals surface area contributed by atoms with Crippen LogP contribution in [0.2, 0.25) is 0 Å². The predicted octanol–water partition coefficient (Wildman–Crippen LogP) is 2.92. The molecule has 5 nitrogen and oxygen atoms in total. The number of carbonyl (C=O) groups is 2. The van der Waals surface area contributed by atoms with Gasteiger partial charge in [0.05, 0.1) is 19.6 Å². The second kappa shape index (κ2) is 8.87. The van der Waals surface area contributed by atoms with Crippen LogP contribution in [0, 0.1) is 0 Å². The summed E-state index contributed by atoms with van der Waals surface area (Å²) in [7, 11) is 3.39. The van der Waals surface area contributed by atoms with Gasteiger partial charge in [0.1, 0.15) is 5.75 Å². The molecule has 5 heteroatoms. The lowest BCUT2D eigenvalue weighted by molar-refractivity contribution is -0.131. The third-order valence-electron chi connectivity index (χ3n) is 3.96. The maximum Gasteiger partial charge on any atom is 0.225 e. The number of methoxy groups -OCH3 is 1. The molecule has 2 amide bonds. The third-order valence-corrected chi connectivity index (χ3v) is 3.96. The van der Waals surface area contributed by atoms with E-state index in [9.17, 15) is 9.59 Å². The first-order chi connectivity index (χ1) is 12.0. The van der Waals surface area contributed by atoms with Crippen LogP contribution in [-0.2, 0) is 16.1 Å². The fourth-order valence-electron chi connectivity index (χ4n) is 2.61. The molecule has 2 aromatic carbocycles. The van der Waals surface area contributed by atoms with Crippen molar-refractivity contribution in [2.24, 2.45) is 0 Å². The van der Waals surface area contributed by atoms with E-state index in [0.717, 1.165) is 16.9 Å². The van der Waals surface area contributed by atoms with Crippen LogP contribution < -0.4 is 10.1 Å². The highest BCUT2D eigenvalue weighted by atomic mass is 16.5. The number of hydrogen-bond acceptors (Lipinski definition) is 3. The van der Waals surface area contributed by atoms with E-state index in [-0.39, 0.29) is 24.3 Å². The van der Waals surface area contributed by atoms with Gasteiger partial charge >= 0.3 is 0 Å². The van der Waals surface area contributed by atoms with E-state index in [1.54, 1.807) is 19.1 Å². The minimum absolute atomic E-state index is 0.0292. The van der Waals surface area contributed by atoms with Crippen LogP contribution >= 0.6 is 0 Å². The van der Waals surface area contributed by atoms with Crippen molar-refractivity contribution in [1.29, 1.82) is 0 Å². The zero-order valence-corrected chi connectivity index (χ0v) is 14.9. The van der Waals surface area contributed by atoms with Crippen LogP contribution in [0.4, 0.5) is 0 Å². The molecule has 1 atom stereocenters. The minimum atomic E-state index is -0.329. The monoisotopic (exact) mass is 340 g/mol. The predicted molar refractivity (Wildman–Crippen MR) is 97.1 cm³/mol. The Morgan fingerprint density at radius 2 is 1.72 bits per heavy atom. The Hall–Kier alpha value is -2.82. The van der Waals surface area contributed by atoms with Crippen molar-refractivity contribution in [3.05, 3.63) is 65.7 Å². The number of ether oxygens (including phenoxy) is 1. The Morgan fingerprint density at radius 1 is 1.08 bits per heavy atom. The number of rotatable bonds is 7. The Balaban J connectivity index is 2.02. The maximum absolute atomic E-state index is 12.6. The van der Waals surface area contributed by atoms with Crippen LogP contribution in [0.1, 0.15) is 30.5 Å². The molecule has 2 rings (SSSR count). The van der Waals surface area contributed by atoms with Gasteiger partial charge in [-0.1, -0.05) is 42.5 Å². The van der Waals surface area contributed by atoms with Crippen LogP contribution in [-0.4, -0.2) is 30.9 Å². The molecule has 0 aromatic heterocycles. The lowest BCUT2D eigenvalue weighted by Crippen LogP contribution is -2.33. The van der Waals surface area contributed by atoms with Gasteiger partial charge in [-0.15, -0.1) is 0 Å². The molecule has 0 radical (unpaired) electrons. The lowest BCUT2D eigenvalue weighted by atomic mass is 10.0. The third kappa shape index (κ3) is 5.64. The molecule has 1 N–H and O–H groups in total. The van der Waals surface area contributed by atoms with Crippen LogP contribution in [0.3, 0.4) is 0 Å². The topological polar surface area (TPSA) is 58.6 Å². The van der Waals surface area contributed by atoms with E-state index in [1.165, 1.54) is 6.92 Å². The first-order valence-corrected chi connectivity index (χ1v) is 8.18. The van der Waals surface area contributed by atoms with Gasteiger partial charge in [0.15, 0.2) is 0 Å². The van der Waals surface area contributed by atoms with Crippen LogP contribution in [0.5, 0.6) is 5.75 Å². The van der Waals surface area contributed by atoms with E-state index in [1.807, 2.05) is 54.6 Å². The maximum atomic E-state index is 12.6. The van der Waals surface area contributed by atoms with Crippen LogP contribution in [0.25, 0.3) is 0 Å². The molecule has 0 saturated carbocycles. The molecule has 25 heavy (non-hydrogen) atoms. The van der Waals surface area contributed by atoms with Crippen molar-refractivity contribution in [3.63, 3.8) is 0 Å². The average Bonchev–Trinajstić information content (AvgIpc) is 2.62. The van der Waals surface area contributed by atoms with Gasteiger partial charge in [-0.2, -0.15) is 0 Å². The van der Waals surface area contributed by atoms with E-state index in [2.05, 4.69) is 5.32 Å². The average molecular weight is 340 g/mol. The molecule has 0 aliphatic heterocycles. The Morgan fingerprint density at radius 3 is 2.28 bits per heavy atom. The van der Waals surface area contributed by atoms with Gasteiger partial charge in [-0.25, -0.2) is 0 Å². The van der Waals surface area contributed by atoms with Crippen molar-refractivity contribution in [2.45, 2.75) is 25.9 Å². The molecular weight excluding hydrogens is 316 g/mol. The number of carbonyl (C=O) groups excluding carboxylic acids is 2. The molecule has 132 valence electrons. The fraction of sp³-hybridized carbons (Fsp3) is 0.300. The quantitative estimate of drug-likeness (QED) is 0.843. The number of nitrogens with zero attached hydrogens (tertiary/aromatic N) is 1. The first kappa shape index (κ1) is 18.5. The summed E-state index contributed by atoms with van der Waals surface area (Å²) in [5.41, 5.74) is 1.94. The van der Waals surface area contributed by atoms with Gasteiger partial charge in [0, 0.05) is 20.5 Å². The summed E-state index contributed by atoms with van der Waals surface area (Å²) in [6, 6.07) is 16.8. The van der Waals surface area contributed by atoms with Gasteiger partial charge in [-0.05, 0) is 23.3 Å². The normalized spacial score (nSPS) is 11.5. The number of benzene rings is 2. The summed E-state index contributed by atoms with van der Waals surface area (Å²) in [4.78, 5) is 25.7. The van der Waals surface area contributed by atoms with E-state index in [0.29, 0.717) is 6.54 Å². The molecule has 0 aliphatic carbocycles. The Labute approximate surface area is 148 Å². The summed E-state index contributed by atoms with van der Waals surface area (Å²) in [6.45, 7) is 1.96. The summed E-state index contributed by atoms with van der Waals surface area (Å²) in [5.74, 6) is 0.602. The summed E-state index contributed by atoms with van der Waals surface area (Å²) in [5, 5.41) is 2.86. The number of hydrogen-bond donors (Lipinski definition) is 1. The van der Waals surface area contributed by atoms with Crippen molar-refractivity contribution < 1.29 is 14.3 Å². The second-order valence-corrected chi connectivity index (χ2v) is 5.97. The van der Waals surface area contributed by atoms with Crippen molar-refractivity contribution >= 4 is 11.8 Å². The summed E-state index contributed by atoms with van der Waals surface area (Å²) >= 11 is 0. The zero-order valence-electron chi connectivity index (χ0n) is 14.9. The van der Waals surface area contributed by atoms with Gasteiger partial charge in [-0.3, -0.25) is 9.59 Å². The van der Waals surface area contributed by atoms with Crippen molar-refractivity contribution in [2.75, 3.05) is 14.2 Å². The smallest absolute Gasteiger partial charge is 0.225 e. The van der Waals surface area contributed by atoms with Crippen LogP contribution in [0.15, 0.2) is 54.6 Å². The molecule has 1 unspecified atom stereocenters. The SMILES string of the molecule is COc1ccc(CN(C)C(=O)CC(NC(C)=O)c2ccccc2)cc1. The zero-order chi connectivity index (χ0) is 18.2. The van der Waals surface area contributed by atoms with E-state index < -0.39 is 0 Å². The summed E-state index contributed by atoms with van der Waals surface area (Å²) in [6.07, 6.45) is 0.219. The molecule has 2 aromatic rings. The highest BCUT2D eigenvalue weighted by molar-refractivity contribution is 5.79. The fourth-order valence-corrected chi connectivity index (χ4v) is 2.61. The standard InChI is InChI=1S/C20H24N2O3/c1-15(23)21-19(17-7-5-4-6-8-17)13-20(24)22(2)14-16-9-11-18(25-3)12-10-16/h4-12,19H,13-14H2,1-3H3,(H,21,23). The van der Waals surface area contributed by atoms with Gasteiger partial charge in [0.25, 0.3) is 0 Å². The highest BCUT2D eigenvalue weighted by Crippen LogP contribution is 2.19. The first-order valence-electron chi connectivity index (χ1n) is 8.18. The number of nitrogens with one attached hydrogen (secondary N) is 1. The van der Waals surface area contributed by atoms with Crippen molar-refractivity contribution in [3.8, 4) is 5.75 Å². The largest absolute Gasteiger partial charge is 0.497 e. The van der Waals surface area contributed by atoms with Crippen molar-refractivity contribution in [1.82, 2.24) is 10.2 Å². The molecule has 0 bridgehead atoms. The molecule has 0 fully saturated rings. The minimum Gasteiger partial charge on any atom is -0.497 e. The molecule has 0 aliphatic rings. The second-order valence-electron chi connectivity index (χ2n) is 5.97.